The maximum atomic E-state index is 12.7. The van der Waals surface area contributed by atoms with Crippen molar-refractivity contribution in [1.82, 2.24) is 9.03 Å². The fourth-order valence-corrected chi connectivity index (χ4v) is 5.26. The van der Waals surface area contributed by atoms with Crippen LogP contribution in [0.15, 0.2) is 23.1 Å². The summed E-state index contributed by atoms with van der Waals surface area (Å²) < 4.78 is 51.8. The average molecular weight is 346 g/mol. The third-order valence-electron chi connectivity index (χ3n) is 3.78. The van der Waals surface area contributed by atoms with Gasteiger partial charge in [0.15, 0.2) is 0 Å². The Morgan fingerprint density at radius 1 is 1.09 bits per heavy atom. The first-order valence-electron chi connectivity index (χ1n) is 7.14. The zero-order valence-corrected chi connectivity index (χ0v) is 14.7. The smallest absolute Gasteiger partial charge is 0.213 e. The van der Waals surface area contributed by atoms with E-state index < -0.39 is 20.0 Å². The van der Waals surface area contributed by atoms with Crippen LogP contribution in [0.4, 0.5) is 0 Å². The van der Waals surface area contributed by atoms with Crippen LogP contribution in [0.25, 0.3) is 0 Å². The second-order valence-electron chi connectivity index (χ2n) is 5.84. The van der Waals surface area contributed by atoms with Crippen molar-refractivity contribution >= 4 is 20.0 Å². The molecule has 0 aliphatic carbocycles. The van der Waals surface area contributed by atoms with Crippen molar-refractivity contribution in [3.8, 4) is 0 Å². The molecule has 1 saturated heterocycles. The lowest BCUT2D eigenvalue weighted by atomic mass is 10.1. The fraction of sp³-hybridized carbons (Fsp3) is 0.571. The molecule has 1 aliphatic rings. The normalized spacial score (nSPS) is 18.5. The van der Waals surface area contributed by atoms with E-state index in [4.69, 9.17) is 0 Å². The van der Waals surface area contributed by atoms with Crippen molar-refractivity contribution in [2.45, 2.75) is 37.6 Å². The number of nitrogens with one attached hydrogen (secondary N) is 1. The summed E-state index contributed by atoms with van der Waals surface area (Å²) in [6.07, 6.45) is 2.08. The summed E-state index contributed by atoms with van der Waals surface area (Å²) in [4.78, 5) is 0.327. The summed E-state index contributed by atoms with van der Waals surface area (Å²) in [6.45, 7) is 4.36. The zero-order chi connectivity index (χ0) is 16.5. The highest BCUT2D eigenvalue weighted by Gasteiger charge is 2.31. The Hall–Kier alpha value is -0.960. The molecular formula is C14H22N2O4S2. The van der Waals surface area contributed by atoms with E-state index in [1.807, 2.05) is 13.0 Å². The molecule has 0 saturated carbocycles. The van der Waals surface area contributed by atoms with Gasteiger partial charge in [-0.3, -0.25) is 0 Å². The van der Waals surface area contributed by atoms with E-state index in [0.29, 0.717) is 30.8 Å². The third kappa shape index (κ3) is 4.07. The molecule has 0 radical (unpaired) electrons. The maximum Gasteiger partial charge on any atom is 0.243 e. The van der Waals surface area contributed by atoms with Crippen LogP contribution < -0.4 is 4.72 Å². The molecule has 6 nitrogen and oxygen atoms in total. The Bertz CT molecular complexity index is 749. The van der Waals surface area contributed by atoms with Crippen LogP contribution in [0.3, 0.4) is 0 Å². The van der Waals surface area contributed by atoms with Gasteiger partial charge in [-0.05, 0) is 38.3 Å². The Kier molecular flexibility index (Phi) is 4.96. The summed E-state index contributed by atoms with van der Waals surface area (Å²) in [6, 6.07) is 5.09. The molecule has 124 valence electrons. The molecule has 0 bridgehead atoms. The van der Waals surface area contributed by atoms with Crippen LogP contribution in [0.5, 0.6) is 0 Å². The number of hydrogen-bond acceptors (Lipinski definition) is 4. The minimum absolute atomic E-state index is 0.194. The van der Waals surface area contributed by atoms with E-state index >= 15 is 0 Å². The van der Waals surface area contributed by atoms with Crippen molar-refractivity contribution in [2.24, 2.45) is 0 Å². The predicted octanol–water partition coefficient (Wildman–Crippen LogP) is 1.01. The number of benzene rings is 1. The summed E-state index contributed by atoms with van der Waals surface area (Å²) in [5, 5.41) is 0. The Labute approximate surface area is 132 Å². The number of piperidine rings is 1. The predicted molar refractivity (Wildman–Crippen MR) is 85.7 cm³/mol. The molecule has 1 heterocycles. The van der Waals surface area contributed by atoms with Gasteiger partial charge in [-0.2, -0.15) is 4.31 Å². The van der Waals surface area contributed by atoms with Crippen LogP contribution in [0.2, 0.25) is 0 Å². The van der Waals surface area contributed by atoms with Crippen molar-refractivity contribution in [2.75, 3.05) is 19.3 Å². The summed E-state index contributed by atoms with van der Waals surface area (Å²) in [5.74, 6) is 0. The highest BCUT2D eigenvalue weighted by atomic mass is 32.2. The number of hydrogen-bond donors (Lipinski definition) is 1. The SMILES string of the molecule is Cc1ccc(S(=O)(=O)N2CCC(NS(C)(=O)=O)CC2)c(C)c1. The number of nitrogens with zero attached hydrogens (tertiary/aromatic N) is 1. The van der Waals surface area contributed by atoms with Gasteiger partial charge < -0.3 is 0 Å². The summed E-state index contributed by atoms with van der Waals surface area (Å²) >= 11 is 0. The molecule has 1 aromatic carbocycles. The standard InChI is InChI=1S/C14H22N2O4S2/c1-11-4-5-14(12(2)10-11)22(19,20)16-8-6-13(7-9-16)15-21(3,17)18/h4-5,10,13,15H,6-9H2,1-3H3. The number of rotatable bonds is 4. The molecule has 0 atom stereocenters. The fourth-order valence-electron chi connectivity index (χ4n) is 2.74. The third-order valence-corrected chi connectivity index (χ3v) is 6.60. The molecule has 1 N–H and O–H groups in total. The lowest BCUT2D eigenvalue weighted by Gasteiger charge is -2.31. The monoisotopic (exact) mass is 346 g/mol. The van der Waals surface area contributed by atoms with Gasteiger partial charge in [0, 0.05) is 19.1 Å². The molecule has 0 spiro atoms. The van der Waals surface area contributed by atoms with Gasteiger partial charge in [-0.15, -0.1) is 0 Å². The molecule has 0 unspecified atom stereocenters. The van der Waals surface area contributed by atoms with E-state index in [2.05, 4.69) is 4.72 Å². The molecule has 1 aliphatic heterocycles. The molecule has 0 aromatic heterocycles. The quantitative estimate of drug-likeness (QED) is 0.882. The van der Waals surface area contributed by atoms with Crippen LogP contribution in [-0.2, 0) is 20.0 Å². The van der Waals surface area contributed by atoms with Gasteiger partial charge in [0.05, 0.1) is 11.2 Å². The minimum atomic E-state index is -3.52. The molecule has 1 fully saturated rings. The van der Waals surface area contributed by atoms with Crippen molar-refractivity contribution < 1.29 is 16.8 Å². The van der Waals surface area contributed by atoms with Gasteiger partial charge in [0.1, 0.15) is 0 Å². The lowest BCUT2D eigenvalue weighted by molar-refractivity contribution is 0.308. The lowest BCUT2D eigenvalue weighted by Crippen LogP contribution is -2.46. The Morgan fingerprint density at radius 3 is 2.18 bits per heavy atom. The molecular weight excluding hydrogens is 324 g/mol. The van der Waals surface area contributed by atoms with Gasteiger partial charge in [0.25, 0.3) is 0 Å². The molecule has 8 heteroatoms. The van der Waals surface area contributed by atoms with E-state index in [9.17, 15) is 16.8 Å². The average Bonchev–Trinajstić information content (AvgIpc) is 2.36. The van der Waals surface area contributed by atoms with Crippen LogP contribution in [-0.4, -0.2) is 46.5 Å². The first-order valence-corrected chi connectivity index (χ1v) is 10.5. The molecule has 22 heavy (non-hydrogen) atoms. The first-order chi connectivity index (χ1) is 10.1. The molecule has 2 rings (SSSR count). The number of sulfonamides is 2. The van der Waals surface area contributed by atoms with E-state index in [1.54, 1.807) is 19.1 Å². The summed E-state index contributed by atoms with van der Waals surface area (Å²) in [7, 11) is -6.78. The van der Waals surface area contributed by atoms with Crippen LogP contribution >= 0.6 is 0 Å². The first kappa shape index (κ1) is 17.4. The molecule has 1 aromatic rings. The van der Waals surface area contributed by atoms with E-state index in [-0.39, 0.29) is 6.04 Å². The number of aryl methyl sites for hydroxylation is 2. The zero-order valence-electron chi connectivity index (χ0n) is 13.0. The van der Waals surface area contributed by atoms with Crippen LogP contribution in [0, 0.1) is 13.8 Å². The minimum Gasteiger partial charge on any atom is -0.213 e. The Morgan fingerprint density at radius 2 is 1.68 bits per heavy atom. The van der Waals surface area contributed by atoms with Gasteiger partial charge in [-0.25, -0.2) is 21.6 Å². The second-order valence-corrected chi connectivity index (χ2v) is 9.52. The maximum absolute atomic E-state index is 12.7. The summed E-state index contributed by atoms with van der Waals surface area (Å²) in [5.41, 5.74) is 1.75. The molecule has 0 amide bonds. The Balaban J connectivity index is 2.13. The van der Waals surface area contributed by atoms with Crippen molar-refractivity contribution in [3.63, 3.8) is 0 Å². The van der Waals surface area contributed by atoms with Gasteiger partial charge in [-0.1, -0.05) is 17.7 Å². The largest absolute Gasteiger partial charge is 0.243 e. The highest BCUT2D eigenvalue weighted by Crippen LogP contribution is 2.24. The van der Waals surface area contributed by atoms with Crippen molar-refractivity contribution in [3.05, 3.63) is 29.3 Å². The van der Waals surface area contributed by atoms with E-state index in [0.717, 1.165) is 17.4 Å². The van der Waals surface area contributed by atoms with Crippen LogP contribution in [0.1, 0.15) is 24.0 Å². The second kappa shape index (κ2) is 6.27. The van der Waals surface area contributed by atoms with Gasteiger partial charge in [0.2, 0.25) is 20.0 Å². The topological polar surface area (TPSA) is 83.6 Å². The van der Waals surface area contributed by atoms with E-state index in [1.165, 1.54) is 4.31 Å². The van der Waals surface area contributed by atoms with Gasteiger partial charge >= 0.3 is 0 Å². The van der Waals surface area contributed by atoms with Crippen molar-refractivity contribution in [1.29, 1.82) is 0 Å². The highest BCUT2D eigenvalue weighted by molar-refractivity contribution is 7.89.